The highest BCUT2D eigenvalue weighted by Crippen LogP contribution is 2.34. The van der Waals surface area contributed by atoms with Crippen LogP contribution in [0, 0.1) is 5.82 Å². The third kappa shape index (κ3) is 2.38. The Morgan fingerprint density at radius 2 is 2.06 bits per heavy atom. The molecule has 1 N–H and O–H groups in total. The van der Waals surface area contributed by atoms with E-state index < -0.39 is 0 Å². The van der Waals surface area contributed by atoms with Gasteiger partial charge in [0.2, 0.25) is 0 Å². The van der Waals surface area contributed by atoms with Crippen LogP contribution in [0.15, 0.2) is 16.6 Å². The second-order valence-electron chi connectivity index (χ2n) is 4.04. The maximum atomic E-state index is 13.7. The van der Waals surface area contributed by atoms with Gasteiger partial charge in [-0.3, -0.25) is 0 Å². The van der Waals surface area contributed by atoms with E-state index in [1.165, 1.54) is 7.11 Å². The average molecular weight is 288 g/mol. The zero-order valence-electron chi connectivity index (χ0n) is 9.22. The van der Waals surface area contributed by atoms with Crippen LogP contribution in [-0.2, 0) is 0 Å². The van der Waals surface area contributed by atoms with Gasteiger partial charge >= 0.3 is 0 Å². The first-order valence-electron chi connectivity index (χ1n) is 5.46. The highest BCUT2D eigenvalue weighted by molar-refractivity contribution is 9.10. The lowest BCUT2D eigenvalue weighted by Crippen LogP contribution is -2.26. The maximum absolute atomic E-state index is 13.7. The van der Waals surface area contributed by atoms with Gasteiger partial charge in [-0.25, -0.2) is 4.39 Å². The van der Waals surface area contributed by atoms with Crippen LogP contribution in [0.1, 0.15) is 24.3 Å². The summed E-state index contributed by atoms with van der Waals surface area (Å²) in [5.41, 5.74) is 1.06. The fourth-order valence-corrected chi connectivity index (χ4v) is 2.78. The minimum absolute atomic E-state index is 0.287. The fraction of sp³-hybridized carbons (Fsp3) is 0.500. The van der Waals surface area contributed by atoms with Gasteiger partial charge in [-0.15, -0.1) is 0 Å². The van der Waals surface area contributed by atoms with E-state index >= 15 is 0 Å². The van der Waals surface area contributed by atoms with Crippen molar-refractivity contribution in [3.05, 3.63) is 28.0 Å². The van der Waals surface area contributed by atoms with E-state index in [1.807, 2.05) is 6.07 Å². The lowest BCUT2D eigenvalue weighted by molar-refractivity contribution is 0.382. The van der Waals surface area contributed by atoms with Crippen LogP contribution < -0.4 is 10.1 Å². The Kier molecular flexibility index (Phi) is 3.82. The molecule has 88 valence electrons. The van der Waals surface area contributed by atoms with Gasteiger partial charge in [0, 0.05) is 0 Å². The second-order valence-corrected chi connectivity index (χ2v) is 4.90. The Hall–Kier alpha value is -0.610. The first kappa shape index (κ1) is 11.9. The summed E-state index contributed by atoms with van der Waals surface area (Å²) in [6.45, 7) is 2.02. The minimum atomic E-state index is -0.287. The molecule has 16 heavy (non-hydrogen) atoms. The van der Waals surface area contributed by atoms with Gasteiger partial charge in [-0.2, -0.15) is 0 Å². The predicted molar refractivity (Wildman–Crippen MR) is 65.5 cm³/mol. The van der Waals surface area contributed by atoms with Gasteiger partial charge in [0.15, 0.2) is 11.6 Å². The highest BCUT2D eigenvalue weighted by atomic mass is 79.9. The van der Waals surface area contributed by atoms with Crippen LogP contribution in [0.5, 0.6) is 5.75 Å². The average Bonchev–Trinajstić information content (AvgIpc) is 2.30. The molecular formula is C12H15BrFNO. The Morgan fingerprint density at radius 1 is 1.38 bits per heavy atom. The molecule has 0 spiro atoms. The molecule has 1 aromatic rings. The number of ether oxygens (including phenoxy) is 1. The Morgan fingerprint density at radius 3 is 2.62 bits per heavy atom. The van der Waals surface area contributed by atoms with E-state index in [0.29, 0.717) is 10.4 Å². The van der Waals surface area contributed by atoms with Crippen molar-refractivity contribution in [1.82, 2.24) is 5.32 Å². The molecule has 0 bridgehead atoms. The molecule has 1 aromatic carbocycles. The minimum Gasteiger partial charge on any atom is -0.492 e. The van der Waals surface area contributed by atoms with E-state index in [0.717, 1.165) is 31.5 Å². The summed E-state index contributed by atoms with van der Waals surface area (Å²) in [6, 6.07) is 3.57. The predicted octanol–water partition coefficient (Wildman–Crippen LogP) is 3.06. The van der Waals surface area contributed by atoms with Gasteiger partial charge in [0.25, 0.3) is 0 Å². The smallest absolute Gasteiger partial charge is 0.168 e. The summed E-state index contributed by atoms with van der Waals surface area (Å²) >= 11 is 3.34. The molecule has 1 heterocycles. The SMILES string of the molecule is COc1c(F)cc(C2CCNCC2)cc1Br. The summed E-state index contributed by atoms with van der Waals surface area (Å²) in [4.78, 5) is 0. The molecule has 2 nitrogen and oxygen atoms in total. The van der Waals surface area contributed by atoms with Crippen molar-refractivity contribution < 1.29 is 9.13 Å². The number of hydrogen-bond donors (Lipinski definition) is 1. The zero-order chi connectivity index (χ0) is 11.5. The van der Waals surface area contributed by atoms with Crippen molar-refractivity contribution in [3.63, 3.8) is 0 Å². The molecule has 0 aromatic heterocycles. The van der Waals surface area contributed by atoms with E-state index in [9.17, 15) is 4.39 Å². The molecule has 1 fully saturated rings. The summed E-state index contributed by atoms with van der Waals surface area (Å²) in [7, 11) is 1.48. The van der Waals surface area contributed by atoms with Crippen molar-refractivity contribution in [2.75, 3.05) is 20.2 Å². The lowest BCUT2D eigenvalue weighted by Gasteiger charge is -2.23. The molecule has 2 rings (SSSR count). The normalized spacial score (nSPS) is 17.4. The molecule has 0 aliphatic carbocycles. The lowest BCUT2D eigenvalue weighted by atomic mass is 9.90. The summed E-state index contributed by atoms with van der Waals surface area (Å²) in [5.74, 6) is 0.459. The topological polar surface area (TPSA) is 21.3 Å². The highest BCUT2D eigenvalue weighted by Gasteiger charge is 2.18. The first-order valence-corrected chi connectivity index (χ1v) is 6.25. The Balaban J connectivity index is 2.28. The second kappa shape index (κ2) is 5.15. The Bertz CT molecular complexity index is 354. The number of rotatable bonds is 2. The van der Waals surface area contributed by atoms with Crippen molar-refractivity contribution in [2.45, 2.75) is 18.8 Å². The number of hydrogen-bond acceptors (Lipinski definition) is 2. The van der Waals surface area contributed by atoms with Crippen molar-refractivity contribution in [2.24, 2.45) is 0 Å². The Labute approximate surface area is 103 Å². The standard InChI is InChI=1S/C12H15BrFNO/c1-16-12-10(13)6-9(7-11(12)14)8-2-4-15-5-3-8/h6-8,15H,2-5H2,1H3. The molecule has 0 amide bonds. The van der Waals surface area contributed by atoms with Crippen molar-refractivity contribution >= 4 is 15.9 Å². The van der Waals surface area contributed by atoms with Gasteiger partial charge in [0.05, 0.1) is 11.6 Å². The number of halogens is 2. The van der Waals surface area contributed by atoms with Crippen molar-refractivity contribution in [3.8, 4) is 5.75 Å². The summed E-state index contributed by atoms with van der Waals surface area (Å²) in [6.07, 6.45) is 2.14. The molecule has 0 saturated carbocycles. The number of methoxy groups -OCH3 is 1. The number of benzene rings is 1. The summed E-state index contributed by atoms with van der Waals surface area (Å²) < 4.78 is 19.4. The van der Waals surface area contributed by atoms with Crippen LogP contribution >= 0.6 is 15.9 Å². The van der Waals surface area contributed by atoms with Crippen LogP contribution in [0.4, 0.5) is 4.39 Å². The van der Waals surface area contributed by atoms with Crippen LogP contribution in [0.3, 0.4) is 0 Å². The third-order valence-corrected chi connectivity index (χ3v) is 3.62. The van der Waals surface area contributed by atoms with Crippen LogP contribution in [0.2, 0.25) is 0 Å². The maximum Gasteiger partial charge on any atom is 0.168 e. The molecule has 1 aliphatic heterocycles. The monoisotopic (exact) mass is 287 g/mol. The third-order valence-electron chi connectivity index (χ3n) is 3.04. The largest absolute Gasteiger partial charge is 0.492 e. The quantitative estimate of drug-likeness (QED) is 0.903. The molecule has 0 atom stereocenters. The number of nitrogens with one attached hydrogen (secondary N) is 1. The molecule has 1 saturated heterocycles. The van der Waals surface area contributed by atoms with Gasteiger partial charge in [0.1, 0.15) is 0 Å². The first-order chi connectivity index (χ1) is 7.72. The van der Waals surface area contributed by atoms with Crippen LogP contribution in [0.25, 0.3) is 0 Å². The molecule has 4 heteroatoms. The van der Waals surface area contributed by atoms with E-state index in [-0.39, 0.29) is 11.6 Å². The van der Waals surface area contributed by atoms with Gasteiger partial charge < -0.3 is 10.1 Å². The fourth-order valence-electron chi connectivity index (χ4n) is 2.17. The summed E-state index contributed by atoms with van der Waals surface area (Å²) in [5, 5.41) is 3.31. The zero-order valence-corrected chi connectivity index (χ0v) is 10.8. The molecule has 0 unspecified atom stereocenters. The number of piperidine rings is 1. The molecular weight excluding hydrogens is 273 g/mol. The van der Waals surface area contributed by atoms with Gasteiger partial charge in [-0.05, 0) is 65.5 Å². The molecule has 1 aliphatic rings. The van der Waals surface area contributed by atoms with E-state index in [2.05, 4.69) is 21.2 Å². The van der Waals surface area contributed by atoms with E-state index in [4.69, 9.17) is 4.74 Å². The van der Waals surface area contributed by atoms with E-state index in [1.54, 1.807) is 6.07 Å². The molecule has 0 radical (unpaired) electrons. The van der Waals surface area contributed by atoms with Gasteiger partial charge in [-0.1, -0.05) is 0 Å². The van der Waals surface area contributed by atoms with Crippen LogP contribution in [-0.4, -0.2) is 20.2 Å². The van der Waals surface area contributed by atoms with Crippen molar-refractivity contribution in [1.29, 1.82) is 0 Å².